The van der Waals surface area contributed by atoms with Crippen molar-refractivity contribution in [2.24, 2.45) is 5.92 Å². The van der Waals surface area contributed by atoms with Crippen LogP contribution < -0.4 is 5.32 Å². The molecular weight excluding hydrogens is 206 g/mol. The van der Waals surface area contributed by atoms with Gasteiger partial charge in [0.05, 0.1) is 0 Å². The van der Waals surface area contributed by atoms with Crippen molar-refractivity contribution < 1.29 is 0 Å². The van der Waals surface area contributed by atoms with Crippen LogP contribution in [0.1, 0.15) is 44.2 Å². The number of benzene rings is 1. The van der Waals surface area contributed by atoms with Gasteiger partial charge in [-0.3, -0.25) is 0 Å². The Labute approximate surface area is 106 Å². The molecule has 1 aromatic carbocycles. The minimum Gasteiger partial charge on any atom is -0.316 e. The Morgan fingerprint density at radius 3 is 2.47 bits per heavy atom. The first kappa shape index (κ1) is 12.6. The lowest BCUT2D eigenvalue weighted by Crippen LogP contribution is -2.45. The largest absolute Gasteiger partial charge is 0.316 e. The quantitative estimate of drug-likeness (QED) is 0.815. The molecule has 0 heterocycles. The van der Waals surface area contributed by atoms with Gasteiger partial charge in [-0.05, 0) is 43.4 Å². The van der Waals surface area contributed by atoms with Crippen molar-refractivity contribution in [3.05, 3.63) is 35.4 Å². The molecule has 0 radical (unpaired) electrons. The van der Waals surface area contributed by atoms with Gasteiger partial charge in [-0.2, -0.15) is 0 Å². The van der Waals surface area contributed by atoms with Crippen LogP contribution in [0.25, 0.3) is 0 Å². The van der Waals surface area contributed by atoms with Crippen LogP contribution in [0.3, 0.4) is 0 Å². The molecule has 0 unspecified atom stereocenters. The lowest BCUT2D eigenvalue weighted by atomic mass is 9.63. The van der Waals surface area contributed by atoms with E-state index in [0.717, 1.165) is 19.0 Å². The fourth-order valence-electron chi connectivity index (χ4n) is 2.91. The zero-order chi connectivity index (χ0) is 12.3. The Kier molecular flexibility index (Phi) is 3.88. The summed E-state index contributed by atoms with van der Waals surface area (Å²) in [5.74, 6) is 0.740. The van der Waals surface area contributed by atoms with Crippen molar-refractivity contribution in [2.75, 3.05) is 13.1 Å². The maximum atomic E-state index is 3.65. The number of nitrogens with one attached hydrogen (secondary N) is 1. The van der Waals surface area contributed by atoms with Gasteiger partial charge in [0, 0.05) is 12.0 Å². The molecule has 0 aliphatic heterocycles. The molecule has 0 atom stereocenters. The van der Waals surface area contributed by atoms with Gasteiger partial charge in [0.15, 0.2) is 0 Å². The van der Waals surface area contributed by atoms with E-state index in [1.54, 1.807) is 5.56 Å². The van der Waals surface area contributed by atoms with Crippen LogP contribution in [0.5, 0.6) is 0 Å². The fraction of sp³-hybridized carbons (Fsp3) is 0.625. The van der Waals surface area contributed by atoms with E-state index >= 15 is 0 Å². The summed E-state index contributed by atoms with van der Waals surface area (Å²) in [7, 11) is 0. The van der Waals surface area contributed by atoms with Crippen LogP contribution in [-0.4, -0.2) is 13.1 Å². The Balaban J connectivity index is 2.07. The standard InChI is InChI=1S/C16H25N/c1-13(2)11-17-12-16(9-6-10-16)15-8-5-4-7-14(15)3/h4-5,7-8,13,17H,6,9-12H2,1-3H3. The lowest BCUT2D eigenvalue weighted by molar-refractivity contribution is 0.230. The van der Waals surface area contributed by atoms with Gasteiger partial charge >= 0.3 is 0 Å². The summed E-state index contributed by atoms with van der Waals surface area (Å²) in [5, 5.41) is 3.65. The first-order valence-electron chi connectivity index (χ1n) is 6.91. The van der Waals surface area contributed by atoms with Gasteiger partial charge in [-0.25, -0.2) is 0 Å². The second-order valence-electron chi connectivity index (χ2n) is 5.97. The van der Waals surface area contributed by atoms with E-state index in [9.17, 15) is 0 Å². The average molecular weight is 231 g/mol. The van der Waals surface area contributed by atoms with Crippen molar-refractivity contribution in [2.45, 2.75) is 45.4 Å². The van der Waals surface area contributed by atoms with Crippen molar-refractivity contribution in [1.29, 1.82) is 0 Å². The Bertz CT molecular complexity index is 364. The van der Waals surface area contributed by atoms with Crippen molar-refractivity contribution >= 4 is 0 Å². The molecule has 94 valence electrons. The van der Waals surface area contributed by atoms with E-state index < -0.39 is 0 Å². The van der Waals surface area contributed by atoms with Crippen LogP contribution >= 0.6 is 0 Å². The highest BCUT2D eigenvalue weighted by Gasteiger charge is 2.38. The molecule has 1 saturated carbocycles. The summed E-state index contributed by atoms with van der Waals surface area (Å²) in [5.41, 5.74) is 3.46. The third kappa shape index (κ3) is 2.71. The summed E-state index contributed by atoms with van der Waals surface area (Å²) in [6.07, 6.45) is 4.09. The summed E-state index contributed by atoms with van der Waals surface area (Å²) in [6, 6.07) is 8.90. The van der Waals surface area contributed by atoms with Crippen LogP contribution in [0, 0.1) is 12.8 Å². The van der Waals surface area contributed by atoms with E-state index in [1.165, 1.54) is 24.8 Å². The molecule has 1 heteroatoms. The second-order valence-corrected chi connectivity index (χ2v) is 5.97. The van der Waals surface area contributed by atoms with Gasteiger partial charge in [-0.15, -0.1) is 0 Å². The maximum absolute atomic E-state index is 3.65. The van der Waals surface area contributed by atoms with Gasteiger partial charge in [0.25, 0.3) is 0 Å². The molecule has 1 N–H and O–H groups in total. The first-order valence-corrected chi connectivity index (χ1v) is 6.91. The second kappa shape index (κ2) is 5.22. The molecule has 17 heavy (non-hydrogen) atoms. The molecule has 0 aromatic heterocycles. The van der Waals surface area contributed by atoms with Gasteiger partial charge < -0.3 is 5.32 Å². The molecule has 1 nitrogen and oxygen atoms in total. The highest BCUT2D eigenvalue weighted by atomic mass is 14.9. The molecule has 2 rings (SSSR count). The van der Waals surface area contributed by atoms with Gasteiger partial charge in [0.1, 0.15) is 0 Å². The van der Waals surface area contributed by atoms with Crippen LogP contribution in [0.2, 0.25) is 0 Å². The molecular formula is C16H25N. The Morgan fingerprint density at radius 1 is 1.24 bits per heavy atom. The molecule has 0 bridgehead atoms. The third-order valence-electron chi connectivity index (χ3n) is 4.04. The van der Waals surface area contributed by atoms with Gasteiger partial charge in [-0.1, -0.05) is 44.5 Å². The first-order chi connectivity index (χ1) is 8.14. The predicted molar refractivity (Wildman–Crippen MR) is 74.4 cm³/mol. The third-order valence-corrected chi connectivity index (χ3v) is 4.04. The minimum atomic E-state index is 0.431. The van der Waals surface area contributed by atoms with E-state index in [2.05, 4.69) is 50.4 Å². The lowest BCUT2D eigenvalue weighted by Gasteiger charge is -2.44. The molecule has 1 fully saturated rings. The molecule has 0 saturated heterocycles. The maximum Gasteiger partial charge on any atom is 0.00804 e. The SMILES string of the molecule is Cc1ccccc1C1(CNCC(C)C)CCC1. The zero-order valence-electron chi connectivity index (χ0n) is 11.4. The average Bonchev–Trinajstić information content (AvgIpc) is 2.23. The van der Waals surface area contributed by atoms with E-state index in [0.29, 0.717) is 5.41 Å². The summed E-state index contributed by atoms with van der Waals surface area (Å²) in [4.78, 5) is 0. The highest BCUT2D eigenvalue weighted by molar-refractivity contribution is 5.35. The Morgan fingerprint density at radius 2 is 1.94 bits per heavy atom. The monoisotopic (exact) mass is 231 g/mol. The van der Waals surface area contributed by atoms with Crippen LogP contribution in [0.4, 0.5) is 0 Å². The summed E-state index contributed by atoms with van der Waals surface area (Å²) in [6.45, 7) is 9.07. The van der Waals surface area contributed by atoms with Crippen molar-refractivity contribution in [3.8, 4) is 0 Å². The number of aryl methyl sites for hydroxylation is 1. The minimum absolute atomic E-state index is 0.431. The summed E-state index contributed by atoms with van der Waals surface area (Å²) >= 11 is 0. The number of hydrogen-bond donors (Lipinski definition) is 1. The zero-order valence-corrected chi connectivity index (χ0v) is 11.4. The smallest absolute Gasteiger partial charge is 0.00804 e. The predicted octanol–water partition coefficient (Wildman–Crippen LogP) is 3.66. The number of rotatable bonds is 5. The molecule has 1 aromatic rings. The molecule has 0 amide bonds. The highest BCUT2D eigenvalue weighted by Crippen LogP contribution is 2.44. The molecule has 1 aliphatic rings. The van der Waals surface area contributed by atoms with E-state index in [4.69, 9.17) is 0 Å². The fourth-order valence-corrected chi connectivity index (χ4v) is 2.91. The van der Waals surface area contributed by atoms with Gasteiger partial charge in [0.2, 0.25) is 0 Å². The normalized spacial score (nSPS) is 18.1. The van der Waals surface area contributed by atoms with Crippen LogP contribution in [0.15, 0.2) is 24.3 Å². The molecule has 1 aliphatic carbocycles. The topological polar surface area (TPSA) is 12.0 Å². The van der Waals surface area contributed by atoms with E-state index in [1.807, 2.05) is 0 Å². The van der Waals surface area contributed by atoms with Crippen LogP contribution in [-0.2, 0) is 5.41 Å². The Hall–Kier alpha value is -0.820. The summed E-state index contributed by atoms with van der Waals surface area (Å²) < 4.78 is 0. The van der Waals surface area contributed by atoms with Crippen molar-refractivity contribution in [1.82, 2.24) is 5.32 Å². The van der Waals surface area contributed by atoms with E-state index in [-0.39, 0.29) is 0 Å². The number of hydrogen-bond acceptors (Lipinski definition) is 1. The molecule has 0 spiro atoms. The van der Waals surface area contributed by atoms with Crippen molar-refractivity contribution in [3.63, 3.8) is 0 Å².